The molecule has 1 aromatic carbocycles. The number of carbonyl (C=O) groups excluding carboxylic acids is 2. The number of sulfonamides is 1. The average Bonchev–Trinajstić information content (AvgIpc) is 2.32. The van der Waals surface area contributed by atoms with Crippen molar-refractivity contribution in [2.24, 2.45) is 0 Å². The Labute approximate surface area is 139 Å². The molecule has 0 fully saturated rings. The van der Waals surface area contributed by atoms with Gasteiger partial charge in [-0.05, 0) is 19.1 Å². The number of ketones is 1. The molecule has 0 aliphatic heterocycles. The van der Waals surface area contributed by atoms with Gasteiger partial charge >= 0.3 is 5.97 Å². The van der Waals surface area contributed by atoms with E-state index in [1.165, 1.54) is 19.1 Å². The van der Waals surface area contributed by atoms with E-state index in [9.17, 15) is 18.0 Å². The van der Waals surface area contributed by atoms with E-state index in [1.807, 2.05) is 4.72 Å². The highest BCUT2D eigenvalue weighted by Crippen LogP contribution is 2.32. The van der Waals surface area contributed by atoms with Crippen LogP contribution in [0.1, 0.15) is 6.92 Å². The van der Waals surface area contributed by atoms with Gasteiger partial charge in [-0.1, -0.05) is 39.1 Å². The summed E-state index contributed by atoms with van der Waals surface area (Å²) in [6, 6.07) is 2.71. The summed E-state index contributed by atoms with van der Waals surface area (Å²) in [4.78, 5) is 21.6. The summed E-state index contributed by atoms with van der Waals surface area (Å²) in [7, 11) is -4.09. The Morgan fingerprint density at radius 2 is 1.81 bits per heavy atom. The van der Waals surface area contributed by atoms with E-state index in [0.29, 0.717) is 4.47 Å². The lowest BCUT2D eigenvalue weighted by atomic mass is 10.4. The number of benzene rings is 1. The highest BCUT2D eigenvalue weighted by Gasteiger charge is 2.23. The standard InChI is InChI=1S/C11H10BrCl2NO5S/c1-6(16)5-20-10(17)4-15-21(18,19)11-8(13)2-7(12)3-9(11)14/h2-3,15H,4-5H2,1H3. The maximum absolute atomic E-state index is 12.1. The highest BCUT2D eigenvalue weighted by molar-refractivity contribution is 9.10. The maximum Gasteiger partial charge on any atom is 0.321 e. The van der Waals surface area contributed by atoms with Crippen LogP contribution in [0.5, 0.6) is 0 Å². The largest absolute Gasteiger partial charge is 0.457 e. The van der Waals surface area contributed by atoms with Crippen molar-refractivity contribution in [3.63, 3.8) is 0 Å². The monoisotopic (exact) mass is 417 g/mol. The number of hydrogen-bond donors (Lipinski definition) is 1. The number of halogens is 3. The number of nitrogens with one attached hydrogen (secondary N) is 1. The molecule has 0 aliphatic rings. The van der Waals surface area contributed by atoms with Crippen LogP contribution in [0.25, 0.3) is 0 Å². The summed E-state index contributed by atoms with van der Waals surface area (Å²) in [5.74, 6) is -1.25. The summed E-state index contributed by atoms with van der Waals surface area (Å²) in [5.41, 5.74) is 0. The van der Waals surface area contributed by atoms with E-state index < -0.39 is 29.1 Å². The summed E-state index contributed by atoms with van der Waals surface area (Å²) < 4.78 is 31.2. The fourth-order valence-corrected chi connectivity index (χ4v) is 4.15. The lowest BCUT2D eigenvalue weighted by Gasteiger charge is -2.10. The Bertz CT molecular complexity index is 654. The molecule has 1 N–H and O–H groups in total. The summed E-state index contributed by atoms with van der Waals surface area (Å²) in [6.45, 7) is 0.178. The molecule has 10 heteroatoms. The van der Waals surface area contributed by atoms with E-state index in [0.717, 1.165) is 0 Å². The van der Waals surface area contributed by atoms with Crippen molar-refractivity contribution in [1.29, 1.82) is 0 Å². The first kappa shape index (κ1) is 18.4. The second-order valence-electron chi connectivity index (χ2n) is 3.89. The van der Waals surface area contributed by atoms with Crippen molar-refractivity contribution in [2.75, 3.05) is 13.2 Å². The van der Waals surface area contributed by atoms with Crippen molar-refractivity contribution < 1.29 is 22.7 Å². The van der Waals surface area contributed by atoms with E-state index in [2.05, 4.69) is 20.7 Å². The maximum atomic E-state index is 12.1. The van der Waals surface area contributed by atoms with Crippen molar-refractivity contribution in [3.8, 4) is 0 Å². The van der Waals surface area contributed by atoms with Gasteiger partial charge in [0.1, 0.15) is 18.0 Å². The molecule has 0 saturated heterocycles. The number of esters is 1. The van der Waals surface area contributed by atoms with E-state index in [-0.39, 0.29) is 20.7 Å². The molecule has 0 heterocycles. The molecule has 21 heavy (non-hydrogen) atoms. The van der Waals surface area contributed by atoms with E-state index in [4.69, 9.17) is 23.2 Å². The minimum Gasteiger partial charge on any atom is -0.457 e. The predicted octanol–water partition coefficient (Wildman–Crippen LogP) is 2.17. The molecule has 6 nitrogen and oxygen atoms in total. The summed E-state index contributed by atoms with van der Waals surface area (Å²) in [5, 5.41) is -0.196. The molecule has 0 atom stereocenters. The van der Waals surface area contributed by atoms with Gasteiger partial charge in [0.15, 0.2) is 5.78 Å². The van der Waals surface area contributed by atoms with Gasteiger partial charge in [-0.15, -0.1) is 0 Å². The average molecular weight is 419 g/mol. The quantitative estimate of drug-likeness (QED) is 0.715. The van der Waals surface area contributed by atoms with Crippen LogP contribution >= 0.6 is 39.1 Å². The van der Waals surface area contributed by atoms with Gasteiger partial charge < -0.3 is 4.74 Å². The lowest BCUT2D eigenvalue weighted by Crippen LogP contribution is -2.31. The van der Waals surface area contributed by atoms with Crippen LogP contribution < -0.4 is 4.72 Å². The summed E-state index contributed by atoms with van der Waals surface area (Å²) >= 11 is 14.8. The molecule has 0 unspecified atom stereocenters. The fraction of sp³-hybridized carbons (Fsp3) is 0.273. The predicted molar refractivity (Wildman–Crippen MR) is 81.0 cm³/mol. The zero-order valence-corrected chi connectivity index (χ0v) is 14.6. The van der Waals surface area contributed by atoms with Crippen molar-refractivity contribution in [2.45, 2.75) is 11.8 Å². The van der Waals surface area contributed by atoms with Crippen molar-refractivity contribution in [3.05, 3.63) is 26.7 Å². The fourth-order valence-electron chi connectivity index (χ4n) is 1.24. The van der Waals surface area contributed by atoms with Crippen LogP contribution in [0.4, 0.5) is 0 Å². The van der Waals surface area contributed by atoms with E-state index in [1.54, 1.807) is 0 Å². The van der Waals surface area contributed by atoms with Crippen LogP contribution in [0.2, 0.25) is 10.0 Å². The SMILES string of the molecule is CC(=O)COC(=O)CNS(=O)(=O)c1c(Cl)cc(Br)cc1Cl. The molecular formula is C11H10BrCl2NO5S. The number of hydrogen-bond acceptors (Lipinski definition) is 5. The molecular weight excluding hydrogens is 409 g/mol. The second-order valence-corrected chi connectivity index (χ2v) is 7.32. The lowest BCUT2D eigenvalue weighted by molar-refractivity contribution is -0.146. The first-order chi connectivity index (χ1) is 9.63. The molecule has 0 saturated carbocycles. The van der Waals surface area contributed by atoms with Crippen LogP contribution in [0, 0.1) is 0 Å². The minimum absolute atomic E-state index is 0.0982. The van der Waals surface area contributed by atoms with Crippen LogP contribution in [-0.4, -0.2) is 33.3 Å². The number of ether oxygens (including phenoxy) is 1. The van der Waals surface area contributed by atoms with Crippen molar-refractivity contribution in [1.82, 2.24) is 4.72 Å². The Hall–Kier alpha value is -0.670. The molecule has 1 rings (SSSR count). The Morgan fingerprint density at radius 1 is 1.29 bits per heavy atom. The molecule has 116 valence electrons. The van der Waals surface area contributed by atoms with Gasteiger partial charge in [-0.25, -0.2) is 8.42 Å². The highest BCUT2D eigenvalue weighted by atomic mass is 79.9. The topological polar surface area (TPSA) is 89.5 Å². The van der Waals surface area contributed by atoms with Gasteiger partial charge in [0.2, 0.25) is 10.0 Å². The van der Waals surface area contributed by atoms with Gasteiger partial charge in [-0.2, -0.15) is 4.72 Å². The second kappa shape index (κ2) is 7.55. The zero-order chi connectivity index (χ0) is 16.2. The molecule has 0 aliphatic carbocycles. The minimum atomic E-state index is -4.09. The van der Waals surface area contributed by atoms with Crippen LogP contribution in [-0.2, 0) is 24.3 Å². The third-order valence-electron chi connectivity index (χ3n) is 2.07. The molecule has 0 aromatic heterocycles. The first-order valence-corrected chi connectivity index (χ1v) is 8.46. The van der Waals surface area contributed by atoms with Gasteiger partial charge in [0, 0.05) is 4.47 Å². The van der Waals surface area contributed by atoms with Gasteiger partial charge in [0.25, 0.3) is 0 Å². The van der Waals surface area contributed by atoms with Gasteiger partial charge in [0.05, 0.1) is 10.0 Å². The number of Topliss-reactive ketones (excluding diaryl/α,β-unsaturated/α-hetero) is 1. The molecule has 0 radical (unpaired) electrons. The Balaban J connectivity index is 2.84. The first-order valence-electron chi connectivity index (χ1n) is 5.42. The smallest absolute Gasteiger partial charge is 0.321 e. The van der Waals surface area contributed by atoms with Crippen LogP contribution in [0.15, 0.2) is 21.5 Å². The molecule has 0 amide bonds. The number of carbonyl (C=O) groups is 2. The molecule has 0 spiro atoms. The Morgan fingerprint density at radius 3 is 2.29 bits per heavy atom. The molecule has 0 bridgehead atoms. The third-order valence-corrected chi connectivity index (χ3v) is 4.85. The third kappa shape index (κ3) is 5.55. The van der Waals surface area contributed by atoms with Crippen molar-refractivity contribution >= 4 is 60.9 Å². The zero-order valence-electron chi connectivity index (χ0n) is 10.7. The van der Waals surface area contributed by atoms with Crippen LogP contribution in [0.3, 0.4) is 0 Å². The normalized spacial score (nSPS) is 11.2. The van der Waals surface area contributed by atoms with Gasteiger partial charge in [-0.3, -0.25) is 9.59 Å². The van der Waals surface area contributed by atoms with E-state index >= 15 is 0 Å². The number of rotatable bonds is 6. The summed E-state index contributed by atoms with van der Waals surface area (Å²) in [6.07, 6.45) is 0. The Kier molecular flexibility index (Phi) is 6.61. The molecule has 1 aromatic rings.